The molecule has 0 atom stereocenters. The van der Waals surface area contributed by atoms with Gasteiger partial charge in [0.15, 0.2) is 0 Å². The Labute approximate surface area is 162 Å². The third-order valence-corrected chi connectivity index (χ3v) is 4.97. The van der Waals surface area contributed by atoms with Gasteiger partial charge in [0, 0.05) is 18.5 Å². The second-order valence-corrected chi connectivity index (χ2v) is 6.77. The van der Waals surface area contributed by atoms with Crippen LogP contribution in [0.5, 0.6) is 0 Å². The van der Waals surface area contributed by atoms with Crippen molar-refractivity contribution in [2.24, 2.45) is 0 Å². The van der Waals surface area contributed by atoms with E-state index in [0.29, 0.717) is 18.6 Å². The van der Waals surface area contributed by atoms with Crippen molar-refractivity contribution < 1.29 is 9.53 Å². The first-order chi connectivity index (χ1) is 13.6. The average molecular weight is 378 g/mol. The zero-order valence-electron chi connectivity index (χ0n) is 15.7. The summed E-state index contributed by atoms with van der Waals surface area (Å²) in [4.78, 5) is 34.5. The fourth-order valence-electron chi connectivity index (χ4n) is 3.44. The largest absolute Gasteiger partial charge is 0.378 e. The summed E-state index contributed by atoms with van der Waals surface area (Å²) in [6.07, 6.45) is 0. The number of morpholine rings is 1. The Bertz CT molecular complexity index is 1070. The molecule has 0 aliphatic carbocycles. The minimum Gasteiger partial charge on any atom is -0.378 e. The van der Waals surface area contributed by atoms with Gasteiger partial charge in [-0.15, -0.1) is 0 Å². The van der Waals surface area contributed by atoms with Crippen molar-refractivity contribution in [2.75, 3.05) is 31.2 Å². The van der Waals surface area contributed by atoms with Gasteiger partial charge in [0.1, 0.15) is 11.5 Å². The lowest BCUT2D eigenvalue weighted by Gasteiger charge is -2.28. The van der Waals surface area contributed by atoms with Crippen LogP contribution in [-0.2, 0) is 11.3 Å². The predicted molar refractivity (Wildman–Crippen MR) is 108 cm³/mol. The van der Waals surface area contributed by atoms with Gasteiger partial charge in [-0.1, -0.05) is 24.3 Å². The summed E-state index contributed by atoms with van der Waals surface area (Å²) in [7, 11) is 0. The van der Waals surface area contributed by atoms with Crippen molar-refractivity contribution in [1.82, 2.24) is 15.3 Å². The van der Waals surface area contributed by atoms with Gasteiger partial charge in [0.25, 0.3) is 11.5 Å². The molecule has 2 aromatic heterocycles. The molecule has 144 valence electrons. The van der Waals surface area contributed by atoms with Crippen LogP contribution in [0.3, 0.4) is 0 Å². The molecule has 0 bridgehead atoms. The van der Waals surface area contributed by atoms with Gasteiger partial charge in [-0.3, -0.25) is 9.59 Å². The highest BCUT2D eigenvalue weighted by Gasteiger charge is 2.15. The first-order valence-electron chi connectivity index (χ1n) is 9.32. The van der Waals surface area contributed by atoms with E-state index >= 15 is 0 Å². The van der Waals surface area contributed by atoms with Crippen LogP contribution in [0.25, 0.3) is 10.8 Å². The number of hydrogen-bond donors (Lipinski definition) is 2. The van der Waals surface area contributed by atoms with E-state index in [1.54, 1.807) is 6.07 Å². The summed E-state index contributed by atoms with van der Waals surface area (Å²) in [5.74, 6) is 0.560. The van der Waals surface area contributed by atoms with Crippen LogP contribution in [0.4, 0.5) is 5.82 Å². The molecule has 0 radical (unpaired) electrons. The third-order valence-electron chi connectivity index (χ3n) is 4.97. The molecule has 2 N–H and O–H groups in total. The van der Waals surface area contributed by atoms with Crippen LogP contribution >= 0.6 is 0 Å². The summed E-state index contributed by atoms with van der Waals surface area (Å²) >= 11 is 0. The number of ether oxygens (including phenoxy) is 1. The standard InChI is InChI=1S/C21H22N4O3/c1-14-16-6-2-3-7-17(16)20(26)24-19(14)21(27)22-13-15-5-4-8-18(23-15)25-9-11-28-12-10-25/h2-8H,9-13H2,1H3,(H,22,27)(H,24,26). The number of pyridine rings is 2. The number of benzene rings is 1. The molecule has 0 unspecified atom stereocenters. The lowest BCUT2D eigenvalue weighted by molar-refractivity contribution is 0.0944. The van der Waals surface area contributed by atoms with Crippen molar-refractivity contribution in [1.29, 1.82) is 0 Å². The smallest absolute Gasteiger partial charge is 0.268 e. The van der Waals surface area contributed by atoms with Crippen LogP contribution in [0.1, 0.15) is 21.7 Å². The third kappa shape index (κ3) is 3.61. The van der Waals surface area contributed by atoms with Crippen molar-refractivity contribution in [2.45, 2.75) is 13.5 Å². The van der Waals surface area contributed by atoms with Gasteiger partial charge in [0.05, 0.1) is 25.5 Å². The first kappa shape index (κ1) is 18.2. The van der Waals surface area contributed by atoms with E-state index in [1.807, 2.05) is 43.3 Å². The SMILES string of the molecule is Cc1c(C(=O)NCc2cccc(N3CCOCC3)n2)[nH]c(=O)c2ccccc12. The number of H-pyrrole nitrogens is 1. The maximum Gasteiger partial charge on any atom is 0.268 e. The van der Waals surface area contributed by atoms with Crippen molar-refractivity contribution >= 4 is 22.5 Å². The van der Waals surface area contributed by atoms with E-state index in [9.17, 15) is 9.59 Å². The first-order valence-corrected chi connectivity index (χ1v) is 9.32. The van der Waals surface area contributed by atoms with E-state index < -0.39 is 0 Å². The maximum absolute atomic E-state index is 12.7. The Balaban J connectivity index is 1.51. The molecular formula is C21H22N4O3. The molecule has 1 aromatic carbocycles. The van der Waals surface area contributed by atoms with Gasteiger partial charge in [-0.2, -0.15) is 0 Å². The molecule has 1 saturated heterocycles. The molecule has 3 aromatic rings. The molecule has 7 nitrogen and oxygen atoms in total. The summed E-state index contributed by atoms with van der Waals surface area (Å²) in [5, 5.41) is 4.22. The molecule has 28 heavy (non-hydrogen) atoms. The number of carbonyl (C=O) groups is 1. The Hall–Kier alpha value is -3.19. The summed E-state index contributed by atoms with van der Waals surface area (Å²) in [6.45, 7) is 5.12. The van der Waals surface area contributed by atoms with E-state index in [0.717, 1.165) is 35.6 Å². The highest BCUT2D eigenvalue weighted by Crippen LogP contribution is 2.17. The van der Waals surface area contributed by atoms with Crippen molar-refractivity contribution in [3.63, 3.8) is 0 Å². The molecule has 0 saturated carbocycles. The van der Waals surface area contributed by atoms with Crippen LogP contribution in [0.15, 0.2) is 47.3 Å². The molecule has 3 heterocycles. The van der Waals surface area contributed by atoms with Crippen molar-refractivity contribution in [3.05, 3.63) is 69.8 Å². The van der Waals surface area contributed by atoms with Crippen LogP contribution in [-0.4, -0.2) is 42.2 Å². The predicted octanol–water partition coefficient (Wildman–Crippen LogP) is 2.00. The van der Waals surface area contributed by atoms with E-state index in [2.05, 4.69) is 20.2 Å². The quantitative estimate of drug-likeness (QED) is 0.725. The number of fused-ring (bicyclic) bond motifs is 1. The number of aryl methyl sites for hydroxylation is 1. The number of nitrogens with one attached hydrogen (secondary N) is 2. The summed E-state index contributed by atoms with van der Waals surface area (Å²) in [6, 6.07) is 13.0. The Morgan fingerprint density at radius 3 is 2.68 bits per heavy atom. The number of carbonyl (C=O) groups excluding carboxylic acids is 1. The fraction of sp³-hybridized carbons (Fsp3) is 0.286. The van der Waals surface area contributed by atoms with Gasteiger partial charge >= 0.3 is 0 Å². The van der Waals surface area contributed by atoms with Gasteiger partial charge < -0.3 is 19.9 Å². The molecule has 1 aliphatic heterocycles. The minimum atomic E-state index is -0.320. The number of amides is 1. The summed E-state index contributed by atoms with van der Waals surface area (Å²) in [5.41, 5.74) is 1.53. The second-order valence-electron chi connectivity index (χ2n) is 6.77. The van der Waals surface area contributed by atoms with Crippen LogP contribution in [0.2, 0.25) is 0 Å². The van der Waals surface area contributed by atoms with E-state index in [4.69, 9.17) is 4.74 Å². The van der Waals surface area contributed by atoms with Gasteiger partial charge in [0.2, 0.25) is 0 Å². The zero-order chi connectivity index (χ0) is 19.5. The van der Waals surface area contributed by atoms with E-state index in [1.165, 1.54) is 0 Å². The molecule has 7 heteroatoms. The number of anilines is 1. The Kier molecular flexibility index (Phi) is 5.08. The normalized spacial score (nSPS) is 14.2. The van der Waals surface area contributed by atoms with Gasteiger partial charge in [-0.05, 0) is 36.1 Å². The highest BCUT2D eigenvalue weighted by atomic mass is 16.5. The fourth-order valence-corrected chi connectivity index (χ4v) is 3.44. The molecule has 1 aliphatic rings. The molecular weight excluding hydrogens is 356 g/mol. The Morgan fingerprint density at radius 1 is 1.14 bits per heavy atom. The average Bonchev–Trinajstić information content (AvgIpc) is 2.75. The van der Waals surface area contributed by atoms with Gasteiger partial charge in [-0.25, -0.2) is 4.98 Å². The number of aromatic nitrogens is 2. The maximum atomic E-state index is 12.7. The van der Waals surface area contributed by atoms with Crippen LogP contribution in [0, 0.1) is 6.92 Å². The Morgan fingerprint density at radius 2 is 1.89 bits per heavy atom. The van der Waals surface area contributed by atoms with Crippen LogP contribution < -0.4 is 15.8 Å². The molecule has 0 spiro atoms. The highest BCUT2D eigenvalue weighted by molar-refractivity contribution is 5.99. The number of aromatic amines is 1. The van der Waals surface area contributed by atoms with E-state index in [-0.39, 0.29) is 23.7 Å². The molecule has 4 rings (SSSR count). The monoisotopic (exact) mass is 378 g/mol. The summed E-state index contributed by atoms with van der Waals surface area (Å²) < 4.78 is 5.38. The molecule has 1 fully saturated rings. The van der Waals surface area contributed by atoms with Crippen molar-refractivity contribution in [3.8, 4) is 0 Å². The number of hydrogen-bond acceptors (Lipinski definition) is 5. The topological polar surface area (TPSA) is 87.3 Å². The molecule has 1 amide bonds. The number of nitrogens with zero attached hydrogens (tertiary/aromatic N) is 2. The lowest BCUT2D eigenvalue weighted by Crippen LogP contribution is -2.37. The second kappa shape index (κ2) is 7.82. The number of rotatable bonds is 4. The minimum absolute atomic E-state index is 0.265. The zero-order valence-corrected chi connectivity index (χ0v) is 15.7. The lowest BCUT2D eigenvalue weighted by atomic mass is 10.1.